The van der Waals surface area contributed by atoms with E-state index in [4.69, 9.17) is 0 Å². The van der Waals surface area contributed by atoms with Crippen molar-refractivity contribution < 1.29 is 48.7 Å². The van der Waals surface area contributed by atoms with Crippen LogP contribution in [-0.2, 0) is 4.79 Å². The average molecular weight is 465 g/mol. The van der Waals surface area contributed by atoms with Gasteiger partial charge in [-0.1, -0.05) is 0 Å². The fourth-order valence-corrected chi connectivity index (χ4v) is 1.87. The van der Waals surface area contributed by atoms with Crippen molar-refractivity contribution in [1.82, 2.24) is 4.98 Å². The van der Waals surface area contributed by atoms with Crippen LogP contribution in [-0.4, -0.2) is 40.5 Å². The van der Waals surface area contributed by atoms with E-state index >= 15 is 0 Å². The van der Waals surface area contributed by atoms with E-state index < -0.39 is 48.1 Å². The van der Waals surface area contributed by atoms with Gasteiger partial charge in [-0.2, -0.15) is 43.9 Å². The van der Waals surface area contributed by atoms with E-state index in [1.807, 2.05) is 0 Å². The quantitative estimate of drug-likeness (QED) is 0.476. The second-order valence-electron chi connectivity index (χ2n) is 5.01. The molecule has 0 bridgehead atoms. The molecule has 0 aliphatic heterocycles. The Morgan fingerprint density at radius 1 is 0.962 bits per heavy atom. The maximum Gasteiger partial charge on any atom is 0.393 e. The van der Waals surface area contributed by atoms with Gasteiger partial charge in [-0.05, 0) is 28.1 Å². The maximum atomic E-state index is 13.5. The van der Waals surface area contributed by atoms with Crippen LogP contribution in [0.2, 0.25) is 0 Å². The summed E-state index contributed by atoms with van der Waals surface area (Å²) in [6.45, 7) is -0.857. The van der Waals surface area contributed by atoms with Crippen LogP contribution < -0.4 is 5.32 Å². The van der Waals surface area contributed by atoms with E-state index in [2.05, 4.69) is 20.9 Å². The van der Waals surface area contributed by atoms with Gasteiger partial charge in [-0.25, -0.2) is 4.98 Å². The summed E-state index contributed by atoms with van der Waals surface area (Å²) in [6.07, 6.45) is 0.885. The molecule has 148 valence electrons. The zero-order chi connectivity index (χ0) is 20.8. The minimum absolute atomic E-state index is 0.0899. The zero-order valence-electron chi connectivity index (χ0n) is 12.2. The van der Waals surface area contributed by atoms with Crippen LogP contribution in [0.4, 0.5) is 49.6 Å². The molecule has 1 rings (SSSR count). The molecule has 3 nitrogen and oxygen atoms in total. The van der Waals surface area contributed by atoms with Crippen molar-refractivity contribution in [2.24, 2.45) is 0 Å². The molecule has 1 N–H and O–H groups in total. The Morgan fingerprint density at radius 2 is 1.46 bits per heavy atom. The van der Waals surface area contributed by atoms with Gasteiger partial charge in [0.25, 0.3) is 0 Å². The smallest absolute Gasteiger partial charge is 0.320 e. The highest BCUT2D eigenvalue weighted by Gasteiger charge is 2.86. The molecule has 1 heterocycles. The number of amides is 1. The molecule has 0 aliphatic carbocycles. The van der Waals surface area contributed by atoms with Gasteiger partial charge in [-0.15, -0.1) is 0 Å². The fourth-order valence-electron chi connectivity index (χ4n) is 1.50. The number of nitrogens with zero attached hydrogens (tertiary/aromatic N) is 1. The molecule has 0 radical (unpaired) electrons. The zero-order valence-corrected chi connectivity index (χ0v) is 13.8. The lowest BCUT2D eigenvalue weighted by Crippen LogP contribution is -2.68. The highest BCUT2D eigenvalue weighted by molar-refractivity contribution is 9.10. The highest BCUT2D eigenvalue weighted by Crippen LogP contribution is 2.56. The number of halogens is 11. The van der Waals surface area contributed by atoms with E-state index in [9.17, 15) is 48.7 Å². The molecule has 0 atom stereocenters. The molecule has 0 saturated heterocycles. The van der Waals surface area contributed by atoms with Crippen molar-refractivity contribution in [3.8, 4) is 0 Å². The largest absolute Gasteiger partial charge is 0.393 e. The molecule has 0 fully saturated rings. The topological polar surface area (TPSA) is 42.0 Å². The highest BCUT2D eigenvalue weighted by atomic mass is 79.9. The third-order valence-corrected chi connectivity index (χ3v) is 3.44. The van der Waals surface area contributed by atoms with Gasteiger partial charge >= 0.3 is 35.5 Å². The molecule has 0 spiro atoms. The third kappa shape index (κ3) is 3.47. The Kier molecular flexibility index (Phi) is 5.64. The molecule has 0 aliphatic rings. The number of alkyl halides is 10. The first-order valence-corrected chi connectivity index (χ1v) is 7.01. The van der Waals surface area contributed by atoms with Gasteiger partial charge < -0.3 is 5.32 Å². The first kappa shape index (κ1) is 22.4. The summed E-state index contributed by atoms with van der Waals surface area (Å²) in [7, 11) is 0. The predicted octanol–water partition coefficient (Wildman–Crippen LogP) is 4.98. The predicted molar refractivity (Wildman–Crippen MR) is 71.0 cm³/mol. The third-order valence-electron chi connectivity index (χ3n) is 3.00. The summed E-state index contributed by atoms with van der Waals surface area (Å²) in [5.74, 6) is -36.7. The van der Waals surface area contributed by atoms with Crippen LogP contribution in [0.25, 0.3) is 0 Å². The van der Waals surface area contributed by atoms with Crippen molar-refractivity contribution in [2.45, 2.75) is 36.5 Å². The Hall–Kier alpha value is -1.60. The Balaban J connectivity index is 3.28. The molecule has 1 amide bonds. The normalized spacial score (nSPS) is 14.3. The van der Waals surface area contributed by atoms with Gasteiger partial charge in [0.2, 0.25) is 0 Å². The second-order valence-corrected chi connectivity index (χ2v) is 5.82. The Labute approximate surface area is 146 Å². The summed E-state index contributed by atoms with van der Waals surface area (Å²) < 4.78 is 132. The van der Waals surface area contributed by atoms with Gasteiger partial charge in [0.05, 0.1) is 0 Å². The second kappa shape index (κ2) is 6.53. The van der Waals surface area contributed by atoms with Crippen LogP contribution in [0.3, 0.4) is 0 Å². The monoisotopic (exact) mass is 464 g/mol. The standard InChI is InChI=1S/C12H7BrF10N2O/c1-8(14,15)10(18,19)12(22,23)11(20,21)9(16,17)7(26)25-5-2-3-24-6(13)4-5/h2-4H,1H3,(H,24,25,26). The number of hydrogen-bond donors (Lipinski definition) is 1. The molecule has 26 heavy (non-hydrogen) atoms. The summed E-state index contributed by atoms with van der Waals surface area (Å²) in [6, 6.07) is 1.57. The summed E-state index contributed by atoms with van der Waals surface area (Å²) in [5, 5.41) is 1.09. The lowest BCUT2D eigenvalue weighted by molar-refractivity contribution is -0.391. The van der Waals surface area contributed by atoms with Gasteiger partial charge in [0.1, 0.15) is 4.60 Å². The first-order valence-electron chi connectivity index (χ1n) is 6.21. The van der Waals surface area contributed by atoms with E-state index in [-0.39, 0.29) is 4.60 Å². The van der Waals surface area contributed by atoms with Crippen molar-refractivity contribution in [3.05, 3.63) is 22.9 Å². The van der Waals surface area contributed by atoms with Crippen molar-refractivity contribution >= 4 is 27.5 Å². The molecule has 0 unspecified atom stereocenters. The molecule has 0 aromatic carbocycles. The number of nitrogens with one attached hydrogen (secondary N) is 1. The number of aromatic nitrogens is 1. The van der Waals surface area contributed by atoms with E-state index in [0.717, 1.165) is 23.6 Å². The summed E-state index contributed by atoms with van der Waals surface area (Å²) >= 11 is 2.72. The number of carbonyl (C=O) groups is 1. The molecule has 0 saturated carbocycles. The average Bonchev–Trinajstić information content (AvgIpc) is 2.45. The van der Waals surface area contributed by atoms with E-state index in [0.29, 0.717) is 0 Å². The van der Waals surface area contributed by atoms with Crippen LogP contribution in [0.1, 0.15) is 6.92 Å². The molecular formula is C12H7BrF10N2O. The number of anilines is 1. The van der Waals surface area contributed by atoms with Gasteiger partial charge in [0, 0.05) is 18.8 Å². The molecule has 14 heteroatoms. The summed E-state index contributed by atoms with van der Waals surface area (Å²) in [5.41, 5.74) is -0.636. The molecule has 1 aromatic heterocycles. The number of pyridine rings is 1. The first-order chi connectivity index (χ1) is 11.4. The van der Waals surface area contributed by atoms with Crippen LogP contribution in [0.5, 0.6) is 0 Å². The van der Waals surface area contributed by atoms with Crippen LogP contribution in [0, 0.1) is 0 Å². The minimum Gasteiger partial charge on any atom is -0.320 e. The van der Waals surface area contributed by atoms with Crippen molar-refractivity contribution in [1.29, 1.82) is 0 Å². The fraction of sp³-hybridized carbons (Fsp3) is 0.500. The van der Waals surface area contributed by atoms with Gasteiger partial charge in [-0.3, -0.25) is 4.79 Å². The van der Waals surface area contributed by atoms with Crippen molar-refractivity contribution in [2.75, 3.05) is 5.32 Å². The summed E-state index contributed by atoms with van der Waals surface area (Å²) in [4.78, 5) is 14.8. The van der Waals surface area contributed by atoms with Crippen molar-refractivity contribution in [3.63, 3.8) is 0 Å². The minimum atomic E-state index is -7.27. The Bertz CT molecular complexity index is 689. The maximum absolute atomic E-state index is 13.5. The lowest BCUT2D eigenvalue weighted by atomic mass is 9.94. The lowest BCUT2D eigenvalue weighted by Gasteiger charge is -2.37. The number of rotatable bonds is 6. The number of carbonyl (C=O) groups excluding carboxylic acids is 1. The molecule has 1 aromatic rings. The number of hydrogen-bond acceptors (Lipinski definition) is 2. The van der Waals surface area contributed by atoms with Gasteiger partial charge in [0.15, 0.2) is 0 Å². The van der Waals surface area contributed by atoms with Crippen LogP contribution >= 0.6 is 15.9 Å². The van der Waals surface area contributed by atoms with E-state index in [1.54, 1.807) is 0 Å². The Morgan fingerprint density at radius 3 is 1.88 bits per heavy atom. The van der Waals surface area contributed by atoms with E-state index in [1.165, 1.54) is 0 Å². The van der Waals surface area contributed by atoms with Crippen LogP contribution in [0.15, 0.2) is 22.9 Å². The molecular weight excluding hydrogens is 458 g/mol. The SMILES string of the molecule is CC(F)(F)C(F)(F)C(F)(F)C(F)(F)C(F)(F)C(=O)Nc1ccnc(Br)c1.